The fourth-order valence-corrected chi connectivity index (χ4v) is 2.56. The number of phenolic OH excluding ortho intramolecular Hbond substituents is 1. The predicted octanol–water partition coefficient (Wildman–Crippen LogP) is 4.60. The van der Waals surface area contributed by atoms with Crippen LogP contribution in [0.1, 0.15) is 37.1 Å². The summed E-state index contributed by atoms with van der Waals surface area (Å²) in [4.78, 5) is 0. The van der Waals surface area contributed by atoms with Crippen LogP contribution in [-0.4, -0.2) is 5.11 Å². The molecule has 0 heterocycles. The lowest BCUT2D eigenvalue weighted by Gasteiger charge is -2.22. The predicted molar refractivity (Wildman–Crippen MR) is 79.5 cm³/mol. The summed E-state index contributed by atoms with van der Waals surface area (Å²) >= 11 is 6.16. The molecule has 0 saturated carbocycles. The number of hydrogen-bond donors (Lipinski definition) is 2. The molecule has 1 unspecified atom stereocenters. The Balaban J connectivity index is 2.15. The zero-order valence-corrected chi connectivity index (χ0v) is 12.2. The van der Waals surface area contributed by atoms with Gasteiger partial charge in [0.05, 0.1) is 0 Å². The van der Waals surface area contributed by atoms with Crippen LogP contribution in [0.3, 0.4) is 0 Å². The van der Waals surface area contributed by atoms with E-state index in [0.29, 0.717) is 10.6 Å². The van der Waals surface area contributed by atoms with Crippen molar-refractivity contribution in [1.29, 1.82) is 0 Å². The van der Waals surface area contributed by atoms with Crippen molar-refractivity contribution >= 4 is 11.6 Å². The van der Waals surface area contributed by atoms with Crippen LogP contribution in [0, 0.1) is 5.82 Å². The van der Waals surface area contributed by atoms with Crippen molar-refractivity contribution in [2.45, 2.75) is 25.9 Å². The van der Waals surface area contributed by atoms with Gasteiger partial charge in [-0.25, -0.2) is 4.39 Å². The number of aromatic hydroxyl groups is 1. The molecule has 2 aromatic rings. The lowest BCUT2D eigenvalue weighted by Crippen LogP contribution is -2.22. The van der Waals surface area contributed by atoms with Crippen LogP contribution in [0.5, 0.6) is 5.75 Å². The second-order valence-electron chi connectivity index (χ2n) is 4.83. The van der Waals surface area contributed by atoms with E-state index in [-0.39, 0.29) is 17.8 Å². The van der Waals surface area contributed by atoms with Gasteiger partial charge in [-0.15, -0.1) is 0 Å². The first-order valence-electron chi connectivity index (χ1n) is 6.48. The minimum Gasteiger partial charge on any atom is -0.508 e. The van der Waals surface area contributed by atoms with Crippen LogP contribution >= 0.6 is 11.6 Å². The Labute approximate surface area is 123 Å². The van der Waals surface area contributed by atoms with Crippen LogP contribution in [0.4, 0.5) is 4.39 Å². The van der Waals surface area contributed by atoms with Gasteiger partial charge in [0.25, 0.3) is 0 Å². The Morgan fingerprint density at radius 3 is 2.35 bits per heavy atom. The fraction of sp³-hybridized carbons (Fsp3) is 0.250. The quantitative estimate of drug-likeness (QED) is 0.863. The molecular weight excluding hydrogens is 277 g/mol. The first kappa shape index (κ1) is 14.8. The van der Waals surface area contributed by atoms with Crippen LogP contribution < -0.4 is 5.32 Å². The monoisotopic (exact) mass is 293 g/mol. The lowest BCUT2D eigenvalue weighted by atomic mass is 10.0. The average molecular weight is 294 g/mol. The van der Waals surface area contributed by atoms with Gasteiger partial charge >= 0.3 is 0 Å². The summed E-state index contributed by atoms with van der Waals surface area (Å²) in [6.45, 7) is 3.92. The number of phenols is 1. The third kappa shape index (κ3) is 3.30. The molecule has 0 amide bonds. The van der Waals surface area contributed by atoms with Gasteiger partial charge in [-0.1, -0.05) is 35.9 Å². The molecule has 0 saturated heterocycles. The molecule has 4 heteroatoms. The Morgan fingerprint density at radius 2 is 1.70 bits per heavy atom. The number of benzene rings is 2. The highest BCUT2D eigenvalue weighted by Crippen LogP contribution is 2.29. The molecule has 0 bridgehead atoms. The van der Waals surface area contributed by atoms with E-state index in [0.717, 1.165) is 11.6 Å². The van der Waals surface area contributed by atoms with Crippen molar-refractivity contribution in [3.05, 3.63) is 64.4 Å². The molecule has 2 atom stereocenters. The zero-order chi connectivity index (χ0) is 14.7. The molecular formula is C16H17ClFNO. The maximum atomic E-state index is 13.0. The van der Waals surface area contributed by atoms with Crippen LogP contribution in [0.2, 0.25) is 5.02 Å². The van der Waals surface area contributed by atoms with E-state index >= 15 is 0 Å². The topological polar surface area (TPSA) is 32.3 Å². The minimum atomic E-state index is -0.447. The van der Waals surface area contributed by atoms with E-state index in [9.17, 15) is 9.50 Å². The molecule has 0 spiro atoms. The molecule has 0 fully saturated rings. The smallest absolute Gasteiger partial charge is 0.126 e. The lowest BCUT2D eigenvalue weighted by molar-refractivity contribution is 0.434. The van der Waals surface area contributed by atoms with Crippen LogP contribution in [0.25, 0.3) is 0 Å². The van der Waals surface area contributed by atoms with Gasteiger partial charge in [-0.3, -0.25) is 0 Å². The van der Waals surface area contributed by atoms with Crippen molar-refractivity contribution in [3.8, 4) is 5.75 Å². The molecule has 106 valence electrons. The second-order valence-corrected chi connectivity index (χ2v) is 5.24. The summed E-state index contributed by atoms with van der Waals surface area (Å²) in [5, 5.41) is 13.8. The highest BCUT2D eigenvalue weighted by atomic mass is 35.5. The summed E-state index contributed by atoms with van der Waals surface area (Å²) < 4.78 is 13.0. The van der Waals surface area contributed by atoms with E-state index in [1.54, 1.807) is 6.07 Å². The van der Waals surface area contributed by atoms with Gasteiger partial charge in [0.1, 0.15) is 11.6 Å². The van der Waals surface area contributed by atoms with Crippen LogP contribution in [-0.2, 0) is 0 Å². The summed E-state index contributed by atoms with van der Waals surface area (Å²) in [6.07, 6.45) is 0. The summed E-state index contributed by atoms with van der Waals surface area (Å²) in [7, 11) is 0. The molecule has 0 aliphatic carbocycles. The first-order valence-corrected chi connectivity index (χ1v) is 6.85. The highest BCUT2D eigenvalue weighted by Gasteiger charge is 2.16. The van der Waals surface area contributed by atoms with Crippen molar-refractivity contribution in [2.24, 2.45) is 0 Å². The Bertz CT molecular complexity index is 603. The average Bonchev–Trinajstić information content (AvgIpc) is 2.38. The molecule has 20 heavy (non-hydrogen) atoms. The van der Waals surface area contributed by atoms with E-state index in [2.05, 4.69) is 5.32 Å². The Hall–Kier alpha value is -1.58. The second kappa shape index (κ2) is 6.25. The third-order valence-electron chi connectivity index (χ3n) is 3.33. The van der Waals surface area contributed by atoms with Crippen molar-refractivity contribution in [3.63, 3.8) is 0 Å². The number of hydrogen-bond acceptors (Lipinski definition) is 2. The molecule has 2 rings (SSSR count). The zero-order valence-electron chi connectivity index (χ0n) is 11.4. The van der Waals surface area contributed by atoms with Crippen molar-refractivity contribution in [1.82, 2.24) is 5.32 Å². The molecule has 2 nitrogen and oxygen atoms in total. The van der Waals surface area contributed by atoms with Gasteiger partial charge in [0, 0.05) is 28.7 Å². The van der Waals surface area contributed by atoms with Crippen molar-refractivity contribution < 1.29 is 9.50 Å². The molecule has 0 aliphatic heterocycles. The molecule has 2 aromatic carbocycles. The fourth-order valence-electron chi connectivity index (χ4n) is 2.26. The summed E-state index contributed by atoms with van der Waals surface area (Å²) in [5.74, 6) is -0.492. The van der Waals surface area contributed by atoms with Gasteiger partial charge in [-0.2, -0.15) is 0 Å². The van der Waals surface area contributed by atoms with E-state index in [1.807, 2.05) is 38.1 Å². The normalized spacial score (nSPS) is 14.0. The van der Waals surface area contributed by atoms with Gasteiger partial charge in [-0.05, 0) is 31.5 Å². The minimum absolute atomic E-state index is 0.0168. The van der Waals surface area contributed by atoms with Gasteiger partial charge < -0.3 is 10.4 Å². The van der Waals surface area contributed by atoms with E-state index in [1.165, 1.54) is 6.07 Å². The van der Waals surface area contributed by atoms with E-state index < -0.39 is 5.82 Å². The van der Waals surface area contributed by atoms with Gasteiger partial charge in [0.15, 0.2) is 0 Å². The van der Waals surface area contributed by atoms with Crippen molar-refractivity contribution in [2.75, 3.05) is 0 Å². The van der Waals surface area contributed by atoms with Crippen LogP contribution in [0.15, 0.2) is 42.5 Å². The molecule has 0 aromatic heterocycles. The maximum Gasteiger partial charge on any atom is 0.126 e. The standard InChI is InChI=1S/C16H17ClFNO/c1-10(13-5-3-4-6-15(13)17)19-11(2)14-8-7-12(18)9-16(14)20/h3-11,19-20H,1-2H3/t10-,11?/m1/s1. The number of nitrogens with one attached hydrogen (secondary N) is 1. The van der Waals surface area contributed by atoms with Gasteiger partial charge in [0.2, 0.25) is 0 Å². The first-order chi connectivity index (χ1) is 9.49. The number of rotatable bonds is 4. The SMILES string of the molecule is CC(N[C@H](C)c1ccccc1Cl)c1ccc(F)cc1O. The largest absolute Gasteiger partial charge is 0.508 e. The molecule has 0 radical (unpaired) electrons. The third-order valence-corrected chi connectivity index (χ3v) is 3.67. The number of halogens is 2. The maximum absolute atomic E-state index is 13.0. The Morgan fingerprint density at radius 1 is 1.05 bits per heavy atom. The summed E-state index contributed by atoms with van der Waals surface area (Å²) in [5.41, 5.74) is 1.65. The molecule has 2 N–H and O–H groups in total. The molecule has 0 aliphatic rings. The van der Waals surface area contributed by atoms with E-state index in [4.69, 9.17) is 11.6 Å². The highest BCUT2D eigenvalue weighted by molar-refractivity contribution is 6.31. The summed E-state index contributed by atoms with van der Waals surface area (Å²) in [6, 6.07) is 11.5. The Kier molecular flexibility index (Phi) is 4.63.